The number of ether oxygens (including phenoxy) is 2. The summed E-state index contributed by atoms with van der Waals surface area (Å²) in [4.78, 5) is 28.9. The van der Waals surface area contributed by atoms with Crippen LogP contribution in [0, 0.1) is 5.82 Å². The topological polar surface area (TPSA) is 67.9 Å². The summed E-state index contributed by atoms with van der Waals surface area (Å²) in [7, 11) is 0. The third-order valence-electron chi connectivity index (χ3n) is 6.20. The van der Waals surface area contributed by atoms with E-state index in [0.717, 1.165) is 16.7 Å². The Bertz CT molecular complexity index is 1200. The lowest BCUT2D eigenvalue weighted by Crippen LogP contribution is -2.51. The average molecular weight is 535 g/mol. The fraction of sp³-hybridized carbons (Fsp3) is 0.375. The molecule has 0 saturated carbocycles. The van der Waals surface area contributed by atoms with E-state index in [1.54, 1.807) is 17.0 Å². The maximum absolute atomic E-state index is 13.8. The molecule has 0 fully saturated rings. The Hall–Kier alpha value is -3.87. The smallest absolute Gasteiger partial charge is 0.243 e. The summed E-state index contributed by atoms with van der Waals surface area (Å²) in [6.07, 6.45) is 1.03. The van der Waals surface area contributed by atoms with Crippen LogP contribution in [0.4, 0.5) is 4.39 Å². The summed E-state index contributed by atoms with van der Waals surface area (Å²) in [6.45, 7) is 8.83. The zero-order valence-corrected chi connectivity index (χ0v) is 23.3. The van der Waals surface area contributed by atoms with Gasteiger partial charge in [-0.15, -0.1) is 0 Å². The first kappa shape index (κ1) is 29.7. The van der Waals surface area contributed by atoms with Crippen LogP contribution in [0.3, 0.4) is 0 Å². The molecule has 0 aromatic heterocycles. The normalized spacial score (nSPS) is 11.6. The maximum atomic E-state index is 13.8. The fourth-order valence-corrected chi connectivity index (χ4v) is 4.37. The lowest BCUT2D eigenvalue weighted by Gasteiger charge is -2.32. The van der Waals surface area contributed by atoms with Gasteiger partial charge in [-0.3, -0.25) is 9.59 Å². The van der Waals surface area contributed by atoms with Gasteiger partial charge in [-0.25, -0.2) is 4.39 Å². The molecule has 0 saturated heterocycles. The van der Waals surface area contributed by atoms with Crippen molar-refractivity contribution in [1.82, 2.24) is 10.2 Å². The number of hydrogen-bond acceptors (Lipinski definition) is 4. The van der Waals surface area contributed by atoms with E-state index in [4.69, 9.17) is 9.47 Å². The number of halogens is 1. The predicted molar refractivity (Wildman–Crippen MR) is 151 cm³/mol. The highest BCUT2D eigenvalue weighted by Crippen LogP contribution is 2.29. The van der Waals surface area contributed by atoms with Crippen molar-refractivity contribution in [2.45, 2.75) is 65.6 Å². The quantitative estimate of drug-likeness (QED) is 0.287. The lowest BCUT2D eigenvalue weighted by molar-refractivity contribution is -0.141. The summed E-state index contributed by atoms with van der Waals surface area (Å²) in [5.41, 5.74) is 2.63. The number of nitrogens with one attached hydrogen (secondary N) is 1. The van der Waals surface area contributed by atoms with Crippen molar-refractivity contribution in [2.75, 3.05) is 13.2 Å². The summed E-state index contributed by atoms with van der Waals surface area (Å²) in [5, 5.41) is 2.98. The molecule has 3 aromatic carbocycles. The van der Waals surface area contributed by atoms with Gasteiger partial charge in [0.25, 0.3) is 0 Å². The van der Waals surface area contributed by atoms with Gasteiger partial charge < -0.3 is 19.7 Å². The molecule has 0 heterocycles. The molecule has 7 heteroatoms. The summed E-state index contributed by atoms with van der Waals surface area (Å²) in [5.74, 6) is 0.581. The van der Waals surface area contributed by atoms with Crippen LogP contribution in [-0.4, -0.2) is 42.0 Å². The number of amides is 2. The second-order valence-electron chi connectivity index (χ2n) is 9.66. The van der Waals surface area contributed by atoms with Crippen LogP contribution >= 0.6 is 0 Å². The minimum Gasteiger partial charge on any atom is -0.490 e. The SMILES string of the molecule is CCOc1ccc(CCC(=O)N(Cc2ccc(F)cc2)C(Cc2ccccc2)C(=O)NC(C)C)cc1OCC. The Morgan fingerprint density at radius 1 is 0.846 bits per heavy atom. The molecule has 0 spiro atoms. The van der Waals surface area contributed by atoms with E-state index in [1.807, 2.05) is 76.2 Å². The fourth-order valence-electron chi connectivity index (χ4n) is 4.37. The van der Waals surface area contributed by atoms with Crippen molar-refractivity contribution in [3.05, 3.63) is 95.3 Å². The first-order chi connectivity index (χ1) is 18.8. The van der Waals surface area contributed by atoms with Crippen molar-refractivity contribution in [3.8, 4) is 11.5 Å². The Morgan fingerprint density at radius 3 is 2.13 bits per heavy atom. The van der Waals surface area contributed by atoms with Crippen molar-refractivity contribution in [3.63, 3.8) is 0 Å². The molecule has 0 aliphatic carbocycles. The van der Waals surface area contributed by atoms with Gasteiger partial charge in [0.15, 0.2) is 11.5 Å². The van der Waals surface area contributed by atoms with Gasteiger partial charge in [-0.05, 0) is 75.1 Å². The lowest BCUT2D eigenvalue weighted by atomic mass is 10.0. The minimum absolute atomic E-state index is 0.0839. The van der Waals surface area contributed by atoms with Crippen LogP contribution in [0.25, 0.3) is 0 Å². The molecule has 1 N–H and O–H groups in total. The van der Waals surface area contributed by atoms with E-state index in [9.17, 15) is 14.0 Å². The van der Waals surface area contributed by atoms with Crippen LogP contribution in [0.2, 0.25) is 0 Å². The highest BCUT2D eigenvalue weighted by atomic mass is 19.1. The molecule has 3 rings (SSSR count). The van der Waals surface area contributed by atoms with Crippen molar-refractivity contribution < 1.29 is 23.5 Å². The Morgan fingerprint density at radius 2 is 1.49 bits per heavy atom. The van der Waals surface area contributed by atoms with Gasteiger partial charge >= 0.3 is 0 Å². The second kappa shape index (κ2) is 14.9. The molecule has 2 amide bonds. The number of hydrogen-bond donors (Lipinski definition) is 1. The molecule has 0 radical (unpaired) electrons. The van der Waals surface area contributed by atoms with Crippen LogP contribution in [0.1, 0.15) is 50.8 Å². The van der Waals surface area contributed by atoms with E-state index in [-0.39, 0.29) is 36.6 Å². The van der Waals surface area contributed by atoms with Gasteiger partial charge in [-0.1, -0.05) is 48.5 Å². The average Bonchev–Trinajstić information content (AvgIpc) is 2.92. The standard InChI is InChI=1S/C32H39FN2O4/c1-5-38-29-18-14-25(21-30(29)39-6-2)15-19-31(36)35(22-26-12-16-27(33)17-13-26)28(32(37)34-23(3)4)20-24-10-8-7-9-11-24/h7-14,16-18,21,23,28H,5-6,15,19-20,22H2,1-4H3,(H,34,37). The van der Waals surface area contributed by atoms with Gasteiger partial charge in [0.05, 0.1) is 13.2 Å². The van der Waals surface area contributed by atoms with E-state index in [2.05, 4.69) is 5.32 Å². The second-order valence-corrected chi connectivity index (χ2v) is 9.66. The first-order valence-corrected chi connectivity index (χ1v) is 13.6. The molecule has 0 bridgehead atoms. The molecule has 208 valence electrons. The van der Waals surface area contributed by atoms with Crippen LogP contribution in [0.5, 0.6) is 11.5 Å². The zero-order valence-electron chi connectivity index (χ0n) is 23.3. The largest absolute Gasteiger partial charge is 0.490 e. The van der Waals surface area contributed by atoms with Crippen LogP contribution < -0.4 is 14.8 Å². The number of nitrogens with zero attached hydrogens (tertiary/aromatic N) is 1. The third-order valence-corrected chi connectivity index (χ3v) is 6.20. The minimum atomic E-state index is -0.730. The Kier molecular flexibility index (Phi) is 11.3. The summed E-state index contributed by atoms with van der Waals surface area (Å²) >= 11 is 0. The molecular weight excluding hydrogens is 495 g/mol. The van der Waals surface area contributed by atoms with E-state index in [1.165, 1.54) is 12.1 Å². The van der Waals surface area contributed by atoms with Gasteiger partial charge in [0.2, 0.25) is 11.8 Å². The number of benzene rings is 3. The molecule has 0 aliphatic rings. The predicted octanol–water partition coefficient (Wildman–Crippen LogP) is 5.72. The number of carbonyl (C=O) groups is 2. The summed E-state index contributed by atoms with van der Waals surface area (Å²) in [6, 6.07) is 20.6. The highest BCUT2D eigenvalue weighted by molar-refractivity contribution is 5.88. The first-order valence-electron chi connectivity index (χ1n) is 13.6. The zero-order chi connectivity index (χ0) is 28.2. The van der Waals surface area contributed by atoms with Crippen LogP contribution in [-0.2, 0) is 29.0 Å². The van der Waals surface area contributed by atoms with E-state index < -0.39 is 6.04 Å². The molecule has 0 aliphatic heterocycles. The maximum Gasteiger partial charge on any atom is 0.243 e. The molecule has 1 unspecified atom stereocenters. The Labute approximate surface area is 231 Å². The highest BCUT2D eigenvalue weighted by Gasteiger charge is 2.30. The van der Waals surface area contributed by atoms with E-state index >= 15 is 0 Å². The molecular formula is C32H39FN2O4. The van der Waals surface area contributed by atoms with Crippen molar-refractivity contribution in [1.29, 1.82) is 0 Å². The van der Waals surface area contributed by atoms with Gasteiger partial charge in [0, 0.05) is 25.4 Å². The van der Waals surface area contributed by atoms with E-state index in [0.29, 0.717) is 37.6 Å². The molecule has 3 aromatic rings. The van der Waals surface area contributed by atoms with Gasteiger partial charge in [-0.2, -0.15) is 0 Å². The van der Waals surface area contributed by atoms with Crippen LogP contribution in [0.15, 0.2) is 72.8 Å². The Balaban J connectivity index is 1.89. The molecule has 39 heavy (non-hydrogen) atoms. The third kappa shape index (κ3) is 9.13. The van der Waals surface area contributed by atoms with Gasteiger partial charge in [0.1, 0.15) is 11.9 Å². The molecule has 1 atom stereocenters. The monoisotopic (exact) mass is 534 g/mol. The number of rotatable bonds is 14. The van der Waals surface area contributed by atoms with Crippen molar-refractivity contribution >= 4 is 11.8 Å². The van der Waals surface area contributed by atoms with Crippen molar-refractivity contribution in [2.24, 2.45) is 0 Å². The molecule has 6 nitrogen and oxygen atoms in total. The summed E-state index contributed by atoms with van der Waals surface area (Å²) < 4.78 is 25.0. The number of aryl methyl sites for hydroxylation is 1. The number of carbonyl (C=O) groups excluding carboxylic acids is 2.